The number of hydrogen-bond donors (Lipinski definition) is 2. The zero-order valence-corrected chi connectivity index (χ0v) is 19.7. The predicted octanol–water partition coefficient (Wildman–Crippen LogP) is 4.75. The van der Waals surface area contributed by atoms with Crippen LogP contribution in [-0.2, 0) is 11.3 Å². The fourth-order valence-electron chi connectivity index (χ4n) is 2.81. The van der Waals surface area contributed by atoms with E-state index in [1.54, 1.807) is 48.2 Å². The molecule has 0 aliphatic carbocycles. The van der Waals surface area contributed by atoms with E-state index < -0.39 is 5.41 Å². The minimum atomic E-state index is -0.531. The highest BCUT2D eigenvalue weighted by Gasteiger charge is 2.24. The van der Waals surface area contributed by atoms with Gasteiger partial charge in [-0.25, -0.2) is 4.98 Å². The average Bonchev–Trinajstić information content (AvgIpc) is 3.31. The van der Waals surface area contributed by atoms with E-state index >= 15 is 0 Å². The van der Waals surface area contributed by atoms with Crippen molar-refractivity contribution < 1.29 is 14.3 Å². The number of aryl methyl sites for hydroxylation is 1. The van der Waals surface area contributed by atoms with Gasteiger partial charge in [-0.05, 0) is 37.3 Å². The molecule has 0 bridgehead atoms. The van der Waals surface area contributed by atoms with Crippen molar-refractivity contribution in [3.05, 3.63) is 54.4 Å². The first-order valence-electron chi connectivity index (χ1n) is 10.1. The number of benzene rings is 1. The number of nitrogens with zero attached hydrogens (tertiary/aromatic N) is 3. The molecule has 1 aromatic carbocycles. The van der Waals surface area contributed by atoms with Crippen LogP contribution in [0.25, 0.3) is 10.6 Å². The van der Waals surface area contributed by atoms with Crippen molar-refractivity contribution >= 4 is 34.0 Å². The minimum absolute atomic E-state index is 0.114. The Balaban J connectivity index is 1.88. The van der Waals surface area contributed by atoms with Crippen LogP contribution in [0.15, 0.2) is 43.0 Å². The number of nitrogens with one attached hydrogen (secondary N) is 2. The van der Waals surface area contributed by atoms with E-state index in [-0.39, 0.29) is 17.5 Å². The molecule has 2 amide bonds. The summed E-state index contributed by atoms with van der Waals surface area (Å²) >= 11 is 1.35. The molecule has 9 heteroatoms. The van der Waals surface area contributed by atoms with Crippen LogP contribution in [-0.4, -0.2) is 33.7 Å². The van der Waals surface area contributed by atoms with E-state index in [4.69, 9.17) is 4.74 Å². The Labute approximate surface area is 191 Å². The van der Waals surface area contributed by atoms with E-state index in [1.807, 2.05) is 27.7 Å². The molecule has 3 aromatic rings. The molecule has 0 saturated carbocycles. The van der Waals surface area contributed by atoms with Gasteiger partial charge in [-0.1, -0.05) is 38.2 Å². The van der Waals surface area contributed by atoms with Crippen molar-refractivity contribution in [1.29, 1.82) is 0 Å². The Morgan fingerprint density at radius 2 is 1.91 bits per heavy atom. The Hall–Kier alpha value is -3.46. The number of anilines is 2. The second-order valence-electron chi connectivity index (χ2n) is 8.21. The summed E-state index contributed by atoms with van der Waals surface area (Å²) < 4.78 is 6.84. The number of amides is 2. The molecule has 0 radical (unpaired) electrons. The molecule has 0 aliphatic heterocycles. The van der Waals surface area contributed by atoms with Crippen LogP contribution >= 0.6 is 11.3 Å². The van der Waals surface area contributed by atoms with Gasteiger partial charge in [0.25, 0.3) is 5.91 Å². The van der Waals surface area contributed by atoms with Gasteiger partial charge in [0.1, 0.15) is 5.75 Å². The van der Waals surface area contributed by atoms with Gasteiger partial charge in [0.2, 0.25) is 5.91 Å². The maximum absolute atomic E-state index is 12.8. The van der Waals surface area contributed by atoms with E-state index in [0.29, 0.717) is 23.1 Å². The molecule has 0 aliphatic rings. The molecule has 0 unspecified atom stereocenters. The number of rotatable bonds is 7. The lowest BCUT2D eigenvalue weighted by Crippen LogP contribution is -2.27. The highest BCUT2D eigenvalue weighted by Crippen LogP contribution is 2.34. The van der Waals surface area contributed by atoms with Crippen LogP contribution in [0.2, 0.25) is 0 Å². The molecular formula is C23H27N5O3S. The average molecular weight is 454 g/mol. The topological polar surface area (TPSA) is 98.1 Å². The Kier molecular flexibility index (Phi) is 6.78. The molecule has 2 aromatic heterocycles. The standard InChI is InChI=1S/C23H27N5O3S/c1-7-12-28-18(19-14(2)24-22(32-19)26-21(30)23(3,4)5)13-17(27-28)20(29)25-15-8-10-16(31-6)11-9-15/h7-11,13H,1,12H2,2-6H3,(H,25,29)(H,24,26,30). The van der Waals surface area contributed by atoms with Crippen LogP contribution < -0.4 is 15.4 Å². The van der Waals surface area contributed by atoms with Crippen LogP contribution in [0.3, 0.4) is 0 Å². The van der Waals surface area contributed by atoms with E-state index in [0.717, 1.165) is 16.3 Å². The van der Waals surface area contributed by atoms with Crippen LogP contribution in [0.5, 0.6) is 5.75 Å². The van der Waals surface area contributed by atoms with E-state index in [2.05, 4.69) is 27.3 Å². The van der Waals surface area contributed by atoms with Gasteiger partial charge in [-0.15, -0.1) is 6.58 Å². The number of ether oxygens (including phenoxy) is 1. The Morgan fingerprint density at radius 3 is 2.50 bits per heavy atom. The first-order chi connectivity index (χ1) is 15.1. The summed E-state index contributed by atoms with van der Waals surface area (Å²) in [6.07, 6.45) is 1.71. The van der Waals surface area contributed by atoms with Gasteiger partial charge in [0, 0.05) is 11.1 Å². The van der Waals surface area contributed by atoms with Crippen molar-refractivity contribution in [2.24, 2.45) is 5.41 Å². The zero-order chi connectivity index (χ0) is 23.5. The number of aromatic nitrogens is 3. The Morgan fingerprint density at radius 1 is 1.22 bits per heavy atom. The largest absolute Gasteiger partial charge is 0.497 e. The molecule has 0 fully saturated rings. The SMILES string of the molecule is C=CCn1nc(C(=O)Nc2ccc(OC)cc2)cc1-c1sc(NC(=O)C(C)(C)C)nc1C. The third kappa shape index (κ3) is 5.23. The van der Waals surface area contributed by atoms with Crippen LogP contribution in [0.1, 0.15) is 37.0 Å². The first kappa shape index (κ1) is 23.2. The monoisotopic (exact) mass is 453 g/mol. The normalized spacial score (nSPS) is 11.2. The van der Waals surface area contributed by atoms with Crippen molar-refractivity contribution in [2.45, 2.75) is 34.2 Å². The number of allylic oxidation sites excluding steroid dienone is 1. The summed E-state index contributed by atoms with van der Waals surface area (Å²) in [6.45, 7) is 11.6. The number of carbonyl (C=O) groups excluding carboxylic acids is 2. The van der Waals surface area contributed by atoms with Gasteiger partial charge >= 0.3 is 0 Å². The molecule has 0 atom stereocenters. The maximum atomic E-state index is 12.8. The van der Waals surface area contributed by atoms with Crippen LogP contribution in [0.4, 0.5) is 10.8 Å². The molecule has 3 rings (SSSR count). The number of methoxy groups -OCH3 is 1. The Bertz CT molecular complexity index is 1140. The molecule has 2 N–H and O–H groups in total. The number of thiazole rings is 1. The van der Waals surface area contributed by atoms with E-state index in [1.165, 1.54) is 11.3 Å². The lowest BCUT2D eigenvalue weighted by molar-refractivity contribution is -0.123. The summed E-state index contributed by atoms with van der Waals surface area (Å²) in [5, 5.41) is 10.7. The lowest BCUT2D eigenvalue weighted by atomic mass is 9.96. The molecule has 8 nitrogen and oxygen atoms in total. The fraction of sp³-hybridized carbons (Fsp3) is 0.304. The van der Waals surface area contributed by atoms with Gasteiger partial charge in [-0.3, -0.25) is 14.3 Å². The summed E-state index contributed by atoms with van der Waals surface area (Å²) in [6, 6.07) is 8.78. The molecule has 32 heavy (non-hydrogen) atoms. The molecule has 168 valence electrons. The molecule has 0 saturated heterocycles. The molecular weight excluding hydrogens is 426 g/mol. The van der Waals surface area contributed by atoms with Gasteiger partial charge in [0.15, 0.2) is 10.8 Å². The van der Waals surface area contributed by atoms with Crippen molar-refractivity contribution in [2.75, 3.05) is 17.7 Å². The minimum Gasteiger partial charge on any atom is -0.497 e. The second-order valence-corrected chi connectivity index (χ2v) is 9.20. The van der Waals surface area contributed by atoms with E-state index in [9.17, 15) is 9.59 Å². The zero-order valence-electron chi connectivity index (χ0n) is 18.9. The molecule has 0 spiro atoms. The van der Waals surface area contributed by atoms with Crippen molar-refractivity contribution in [1.82, 2.24) is 14.8 Å². The quantitative estimate of drug-likeness (QED) is 0.503. The van der Waals surface area contributed by atoms with Crippen molar-refractivity contribution in [3.8, 4) is 16.3 Å². The fourth-order valence-corrected chi connectivity index (χ4v) is 3.80. The summed E-state index contributed by atoms with van der Waals surface area (Å²) in [5.74, 6) is 0.259. The highest BCUT2D eigenvalue weighted by molar-refractivity contribution is 7.19. The third-order valence-electron chi connectivity index (χ3n) is 4.59. The van der Waals surface area contributed by atoms with Gasteiger partial charge in [-0.2, -0.15) is 5.10 Å². The lowest BCUT2D eigenvalue weighted by Gasteiger charge is -2.15. The smallest absolute Gasteiger partial charge is 0.276 e. The predicted molar refractivity (Wildman–Crippen MR) is 127 cm³/mol. The third-order valence-corrected chi connectivity index (χ3v) is 5.69. The van der Waals surface area contributed by atoms with Gasteiger partial charge in [0.05, 0.1) is 29.9 Å². The first-order valence-corrected chi connectivity index (χ1v) is 10.9. The second kappa shape index (κ2) is 9.35. The number of carbonyl (C=O) groups is 2. The molecule has 2 heterocycles. The highest BCUT2D eigenvalue weighted by atomic mass is 32.1. The summed E-state index contributed by atoms with van der Waals surface area (Å²) in [4.78, 5) is 30.4. The van der Waals surface area contributed by atoms with Gasteiger partial charge < -0.3 is 15.4 Å². The maximum Gasteiger partial charge on any atom is 0.276 e. The summed E-state index contributed by atoms with van der Waals surface area (Å²) in [5.41, 5.74) is 1.85. The number of hydrogen-bond acceptors (Lipinski definition) is 6. The summed E-state index contributed by atoms with van der Waals surface area (Å²) in [7, 11) is 1.59. The van der Waals surface area contributed by atoms with Crippen molar-refractivity contribution in [3.63, 3.8) is 0 Å². The van der Waals surface area contributed by atoms with Crippen LogP contribution in [0, 0.1) is 12.3 Å².